The normalized spacial score (nSPS) is 11.5. The Kier molecular flexibility index (Phi) is 6.14. The van der Waals surface area contributed by atoms with E-state index in [2.05, 4.69) is 15.1 Å². The summed E-state index contributed by atoms with van der Waals surface area (Å²) in [4.78, 5) is 33.6. The highest BCUT2D eigenvalue weighted by molar-refractivity contribution is 7.09. The lowest BCUT2D eigenvalue weighted by molar-refractivity contribution is -0.122. The Balaban J connectivity index is 1.56. The summed E-state index contributed by atoms with van der Waals surface area (Å²) in [6.45, 7) is 1.20. The van der Waals surface area contributed by atoms with Crippen LogP contribution in [0.15, 0.2) is 66.0 Å². The average molecular weight is 443 g/mol. The second-order valence-electron chi connectivity index (χ2n) is 6.80. The first-order valence-corrected chi connectivity index (χ1v) is 10.5. The number of para-hydroxylation sites is 1. The van der Waals surface area contributed by atoms with Crippen LogP contribution in [0.3, 0.4) is 0 Å². The molecule has 0 fully saturated rings. The largest absolute Gasteiger partial charge is 0.452 e. The van der Waals surface area contributed by atoms with E-state index in [-0.39, 0.29) is 5.82 Å². The fourth-order valence-corrected chi connectivity index (χ4v) is 3.84. The van der Waals surface area contributed by atoms with Gasteiger partial charge in [0.05, 0.1) is 11.8 Å². The standard InChI is InChI=1S/C23H17N5O3S/c1-15-14-32-22(25-15)18(12-24)19(29)13-31-23(30)20-26-21(16-8-4-2-5-9-16)28(27-20)17-10-6-3-7-11-17/h2-11,14,18H,13H2,1H3/t18-/m1/s1. The van der Waals surface area contributed by atoms with E-state index in [0.717, 1.165) is 16.9 Å². The lowest BCUT2D eigenvalue weighted by Crippen LogP contribution is -2.20. The molecule has 0 bridgehead atoms. The second kappa shape index (κ2) is 9.32. The number of benzene rings is 2. The zero-order valence-corrected chi connectivity index (χ0v) is 17.8. The predicted molar refractivity (Wildman–Crippen MR) is 117 cm³/mol. The van der Waals surface area contributed by atoms with Gasteiger partial charge in [-0.1, -0.05) is 48.5 Å². The van der Waals surface area contributed by atoms with Gasteiger partial charge in [-0.15, -0.1) is 16.4 Å². The van der Waals surface area contributed by atoms with Crippen molar-refractivity contribution in [3.8, 4) is 23.1 Å². The summed E-state index contributed by atoms with van der Waals surface area (Å²) in [6, 6.07) is 20.5. The molecule has 2 heterocycles. The van der Waals surface area contributed by atoms with Crippen molar-refractivity contribution in [1.82, 2.24) is 19.7 Å². The first-order valence-electron chi connectivity index (χ1n) is 9.66. The third-order valence-corrected chi connectivity index (χ3v) is 5.53. The molecule has 4 rings (SSSR count). The molecular weight excluding hydrogens is 426 g/mol. The zero-order chi connectivity index (χ0) is 22.5. The first-order chi connectivity index (χ1) is 15.6. The van der Waals surface area contributed by atoms with Gasteiger partial charge in [-0.3, -0.25) is 4.79 Å². The van der Waals surface area contributed by atoms with E-state index in [1.54, 1.807) is 17.0 Å². The molecule has 9 heteroatoms. The van der Waals surface area contributed by atoms with Crippen LogP contribution in [0.1, 0.15) is 27.2 Å². The molecule has 32 heavy (non-hydrogen) atoms. The first kappa shape index (κ1) is 21.1. The number of Topliss-reactive ketones (excluding diaryl/α,β-unsaturated/α-hetero) is 1. The third kappa shape index (κ3) is 4.45. The number of rotatable bonds is 7. The minimum atomic E-state index is -1.09. The summed E-state index contributed by atoms with van der Waals surface area (Å²) in [5.41, 5.74) is 2.21. The van der Waals surface area contributed by atoms with Crippen LogP contribution >= 0.6 is 11.3 Å². The van der Waals surface area contributed by atoms with Gasteiger partial charge >= 0.3 is 5.97 Å². The van der Waals surface area contributed by atoms with Crippen molar-refractivity contribution >= 4 is 23.1 Å². The molecule has 2 aromatic heterocycles. The van der Waals surface area contributed by atoms with Gasteiger partial charge in [0, 0.05) is 16.6 Å². The number of aryl methyl sites for hydroxylation is 1. The maximum absolute atomic E-state index is 12.6. The van der Waals surface area contributed by atoms with Gasteiger partial charge in [0.15, 0.2) is 24.1 Å². The third-order valence-electron chi connectivity index (χ3n) is 4.50. The lowest BCUT2D eigenvalue weighted by Gasteiger charge is -2.05. The van der Waals surface area contributed by atoms with Crippen LogP contribution in [0, 0.1) is 18.3 Å². The van der Waals surface area contributed by atoms with Crippen LogP contribution in [0.4, 0.5) is 0 Å². The van der Waals surface area contributed by atoms with Gasteiger partial charge in [-0.25, -0.2) is 19.4 Å². The molecule has 0 saturated heterocycles. The van der Waals surface area contributed by atoms with Gasteiger partial charge in [-0.05, 0) is 19.1 Å². The van der Waals surface area contributed by atoms with Crippen LogP contribution in [-0.2, 0) is 9.53 Å². The number of hydrogen-bond acceptors (Lipinski definition) is 8. The molecule has 0 amide bonds. The Labute approximate surface area is 187 Å². The fourth-order valence-electron chi connectivity index (χ4n) is 2.98. The highest BCUT2D eigenvalue weighted by Crippen LogP contribution is 2.22. The van der Waals surface area contributed by atoms with Gasteiger partial charge in [-0.2, -0.15) is 5.26 Å². The maximum atomic E-state index is 12.6. The van der Waals surface area contributed by atoms with Crippen molar-refractivity contribution < 1.29 is 14.3 Å². The number of carbonyl (C=O) groups is 2. The molecule has 0 aliphatic carbocycles. The van der Waals surface area contributed by atoms with Crippen molar-refractivity contribution in [2.75, 3.05) is 6.61 Å². The van der Waals surface area contributed by atoms with E-state index in [9.17, 15) is 14.9 Å². The summed E-state index contributed by atoms with van der Waals surface area (Å²) in [5.74, 6) is -2.21. The van der Waals surface area contributed by atoms with Crippen LogP contribution in [0.2, 0.25) is 0 Å². The molecule has 0 spiro atoms. The minimum absolute atomic E-state index is 0.181. The van der Waals surface area contributed by atoms with E-state index in [4.69, 9.17) is 4.74 Å². The molecule has 0 N–H and O–H groups in total. The number of carbonyl (C=O) groups excluding carboxylic acids is 2. The maximum Gasteiger partial charge on any atom is 0.378 e. The van der Waals surface area contributed by atoms with Gasteiger partial charge in [0.1, 0.15) is 5.01 Å². The Morgan fingerprint density at radius 2 is 1.78 bits per heavy atom. The van der Waals surface area contributed by atoms with E-state index < -0.39 is 24.3 Å². The Hall–Kier alpha value is -4.16. The number of thiazole rings is 1. The van der Waals surface area contributed by atoms with Crippen molar-refractivity contribution in [2.45, 2.75) is 12.8 Å². The molecule has 0 saturated carbocycles. The molecular formula is C23H17N5O3S. The molecule has 1 atom stereocenters. The van der Waals surface area contributed by atoms with Crippen molar-refractivity contribution in [1.29, 1.82) is 5.26 Å². The summed E-state index contributed by atoms with van der Waals surface area (Å²) in [6.07, 6.45) is 0. The highest BCUT2D eigenvalue weighted by Gasteiger charge is 2.26. The minimum Gasteiger partial charge on any atom is -0.452 e. The van der Waals surface area contributed by atoms with Crippen LogP contribution in [-0.4, -0.2) is 38.1 Å². The molecule has 0 aliphatic heterocycles. The molecule has 4 aromatic rings. The Morgan fingerprint density at radius 3 is 2.41 bits per heavy atom. The van der Waals surface area contributed by atoms with Gasteiger partial charge in [0.2, 0.25) is 0 Å². The number of ketones is 1. The Morgan fingerprint density at radius 1 is 1.09 bits per heavy atom. The molecule has 0 aliphatic rings. The van der Waals surface area contributed by atoms with Crippen LogP contribution in [0.25, 0.3) is 17.1 Å². The molecule has 158 valence electrons. The lowest BCUT2D eigenvalue weighted by atomic mass is 10.1. The van der Waals surface area contributed by atoms with Gasteiger partial charge in [0.25, 0.3) is 5.82 Å². The smallest absolute Gasteiger partial charge is 0.378 e. The summed E-state index contributed by atoms with van der Waals surface area (Å²) in [7, 11) is 0. The summed E-state index contributed by atoms with van der Waals surface area (Å²) in [5, 5.41) is 15.8. The highest BCUT2D eigenvalue weighted by atomic mass is 32.1. The fraction of sp³-hybridized carbons (Fsp3) is 0.130. The van der Waals surface area contributed by atoms with Crippen LogP contribution < -0.4 is 0 Å². The quantitative estimate of drug-likeness (QED) is 0.400. The molecule has 8 nitrogen and oxygen atoms in total. The van der Waals surface area contributed by atoms with E-state index in [0.29, 0.717) is 10.8 Å². The van der Waals surface area contributed by atoms with E-state index in [1.165, 1.54) is 11.3 Å². The van der Waals surface area contributed by atoms with E-state index in [1.807, 2.05) is 66.7 Å². The van der Waals surface area contributed by atoms with Gasteiger partial charge < -0.3 is 4.74 Å². The topological polar surface area (TPSA) is 111 Å². The zero-order valence-electron chi connectivity index (χ0n) is 17.0. The molecule has 0 unspecified atom stereocenters. The summed E-state index contributed by atoms with van der Waals surface area (Å²) >= 11 is 1.22. The second-order valence-corrected chi connectivity index (χ2v) is 7.69. The van der Waals surface area contributed by atoms with Crippen molar-refractivity contribution in [3.05, 3.63) is 82.6 Å². The Bertz CT molecular complexity index is 1240. The number of nitrogens with zero attached hydrogens (tertiary/aromatic N) is 5. The van der Waals surface area contributed by atoms with Crippen molar-refractivity contribution in [3.63, 3.8) is 0 Å². The van der Waals surface area contributed by atoms with E-state index >= 15 is 0 Å². The monoisotopic (exact) mass is 443 g/mol. The number of aromatic nitrogens is 4. The molecule has 0 radical (unpaired) electrons. The summed E-state index contributed by atoms with van der Waals surface area (Å²) < 4.78 is 6.69. The van der Waals surface area contributed by atoms with Crippen LogP contribution in [0.5, 0.6) is 0 Å². The number of ether oxygens (including phenoxy) is 1. The number of hydrogen-bond donors (Lipinski definition) is 0. The number of nitriles is 1. The average Bonchev–Trinajstić information content (AvgIpc) is 3.46. The van der Waals surface area contributed by atoms with Crippen molar-refractivity contribution in [2.24, 2.45) is 0 Å². The SMILES string of the molecule is Cc1csc([C@H](C#N)C(=O)COC(=O)c2nc(-c3ccccc3)n(-c3ccccc3)n2)n1. The predicted octanol–water partition coefficient (Wildman–Crippen LogP) is 3.73. The molecule has 2 aromatic carbocycles. The number of esters is 1.